The molecule has 0 spiro atoms. The molecule has 0 saturated carbocycles. The minimum absolute atomic E-state index is 0.0363. The van der Waals surface area contributed by atoms with Crippen LogP contribution in [-0.4, -0.2) is 12.7 Å². The first-order valence-corrected chi connectivity index (χ1v) is 5.12. The molecule has 0 aromatic heterocycles. The van der Waals surface area contributed by atoms with Gasteiger partial charge in [0.1, 0.15) is 0 Å². The summed E-state index contributed by atoms with van der Waals surface area (Å²) >= 11 is 0. The van der Waals surface area contributed by atoms with Gasteiger partial charge in [-0.25, -0.2) is 13.2 Å². The Bertz CT molecular complexity index is 391. The van der Waals surface area contributed by atoms with Gasteiger partial charge in [-0.2, -0.15) is 0 Å². The fourth-order valence-electron chi connectivity index (χ4n) is 1.88. The van der Waals surface area contributed by atoms with Gasteiger partial charge in [-0.05, 0) is 18.9 Å². The third kappa shape index (κ3) is 1.92. The van der Waals surface area contributed by atoms with E-state index in [0.717, 1.165) is 12.5 Å². The van der Waals surface area contributed by atoms with Crippen molar-refractivity contribution >= 4 is 0 Å². The molecule has 1 heterocycles. The van der Waals surface area contributed by atoms with Crippen LogP contribution in [0.5, 0.6) is 0 Å². The average Bonchev–Trinajstić information content (AvgIpc) is 2.79. The van der Waals surface area contributed by atoms with Crippen LogP contribution in [0.4, 0.5) is 13.2 Å². The van der Waals surface area contributed by atoms with E-state index in [-0.39, 0.29) is 11.7 Å². The second-order valence-electron chi connectivity index (χ2n) is 3.84. The fourth-order valence-corrected chi connectivity index (χ4v) is 1.88. The molecule has 1 aromatic rings. The third-order valence-corrected chi connectivity index (χ3v) is 2.79. The molecular formula is C11H12F3NO. The van der Waals surface area contributed by atoms with Crippen LogP contribution in [0, 0.1) is 17.5 Å². The quantitative estimate of drug-likeness (QED) is 0.792. The van der Waals surface area contributed by atoms with Gasteiger partial charge in [0.05, 0.1) is 12.1 Å². The lowest BCUT2D eigenvalue weighted by atomic mass is 9.99. The molecule has 0 bridgehead atoms. The van der Waals surface area contributed by atoms with Crippen LogP contribution >= 0.6 is 0 Å². The van der Waals surface area contributed by atoms with Gasteiger partial charge in [0.15, 0.2) is 17.5 Å². The van der Waals surface area contributed by atoms with Gasteiger partial charge in [-0.15, -0.1) is 0 Å². The van der Waals surface area contributed by atoms with Crippen LogP contribution in [0.25, 0.3) is 0 Å². The van der Waals surface area contributed by atoms with Crippen molar-refractivity contribution in [2.24, 2.45) is 5.73 Å². The Labute approximate surface area is 91.2 Å². The highest BCUT2D eigenvalue weighted by atomic mass is 19.2. The molecule has 1 fully saturated rings. The lowest BCUT2D eigenvalue weighted by molar-refractivity contribution is 0.0887. The van der Waals surface area contributed by atoms with E-state index in [1.807, 2.05) is 0 Å². The summed E-state index contributed by atoms with van der Waals surface area (Å²) in [6.45, 7) is 0.573. The Hall–Kier alpha value is -1.07. The Morgan fingerprint density at radius 3 is 2.62 bits per heavy atom. The second kappa shape index (κ2) is 4.43. The smallest absolute Gasteiger partial charge is 0.194 e. The average molecular weight is 231 g/mol. The van der Waals surface area contributed by atoms with E-state index in [1.54, 1.807) is 0 Å². The highest BCUT2D eigenvalue weighted by Crippen LogP contribution is 2.28. The molecular weight excluding hydrogens is 219 g/mol. The molecule has 16 heavy (non-hydrogen) atoms. The maximum atomic E-state index is 13.4. The Morgan fingerprint density at radius 2 is 2.00 bits per heavy atom. The summed E-state index contributed by atoms with van der Waals surface area (Å²) in [6.07, 6.45) is 1.24. The van der Waals surface area contributed by atoms with Crippen LogP contribution in [-0.2, 0) is 4.74 Å². The highest BCUT2D eigenvalue weighted by Gasteiger charge is 2.28. The number of rotatable bonds is 2. The molecule has 1 saturated heterocycles. The van der Waals surface area contributed by atoms with E-state index < -0.39 is 23.5 Å². The fraction of sp³-hybridized carbons (Fsp3) is 0.455. The van der Waals surface area contributed by atoms with Gasteiger partial charge in [0, 0.05) is 12.2 Å². The number of ether oxygens (including phenoxy) is 1. The molecule has 88 valence electrons. The van der Waals surface area contributed by atoms with Crippen LogP contribution in [0.15, 0.2) is 12.1 Å². The van der Waals surface area contributed by atoms with Crippen molar-refractivity contribution in [3.8, 4) is 0 Å². The van der Waals surface area contributed by atoms with Gasteiger partial charge >= 0.3 is 0 Å². The van der Waals surface area contributed by atoms with E-state index in [1.165, 1.54) is 6.07 Å². The molecule has 0 aliphatic carbocycles. The first kappa shape index (κ1) is 11.4. The van der Waals surface area contributed by atoms with Gasteiger partial charge in [0.25, 0.3) is 0 Å². The normalized spacial score (nSPS) is 22.4. The zero-order valence-electron chi connectivity index (χ0n) is 8.55. The zero-order chi connectivity index (χ0) is 11.7. The van der Waals surface area contributed by atoms with E-state index >= 15 is 0 Å². The maximum Gasteiger partial charge on any atom is 0.194 e. The second-order valence-corrected chi connectivity index (χ2v) is 3.84. The number of benzene rings is 1. The van der Waals surface area contributed by atoms with Crippen molar-refractivity contribution in [3.05, 3.63) is 35.1 Å². The first-order valence-electron chi connectivity index (χ1n) is 5.12. The predicted molar refractivity (Wildman–Crippen MR) is 52.2 cm³/mol. The first-order chi connectivity index (χ1) is 7.61. The number of hydrogen-bond donors (Lipinski definition) is 1. The summed E-state index contributed by atoms with van der Waals surface area (Å²) in [5.41, 5.74) is 5.73. The number of halogens is 3. The molecule has 2 atom stereocenters. The zero-order valence-corrected chi connectivity index (χ0v) is 8.55. The highest BCUT2D eigenvalue weighted by molar-refractivity contribution is 5.24. The number of hydrogen-bond acceptors (Lipinski definition) is 2. The summed E-state index contributed by atoms with van der Waals surface area (Å²) in [5.74, 6) is -3.91. The molecule has 0 amide bonds. The van der Waals surface area contributed by atoms with Gasteiger partial charge in [-0.1, -0.05) is 6.07 Å². The van der Waals surface area contributed by atoms with Crippen molar-refractivity contribution < 1.29 is 17.9 Å². The summed E-state index contributed by atoms with van der Waals surface area (Å²) < 4.78 is 44.4. The van der Waals surface area contributed by atoms with E-state index in [9.17, 15) is 13.2 Å². The SMILES string of the molecule is NC(c1ccc(F)c(F)c1F)C1CCCO1. The van der Waals surface area contributed by atoms with Crippen molar-refractivity contribution in [1.29, 1.82) is 0 Å². The molecule has 2 nitrogen and oxygen atoms in total. The molecule has 1 aromatic carbocycles. The Kier molecular flexibility index (Phi) is 3.16. The van der Waals surface area contributed by atoms with Crippen molar-refractivity contribution in [1.82, 2.24) is 0 Å². The molecule has 2 N–H and O–H groups in total. The minimum atomic E-state index is -1.48. The van der Waals surface area contributed by atoms with Crippen LogP contribution < -0.4 is 5.73 Å². The van der Waals surface area contributed by atoms with Crippen LogP contribution in [0.2, 0.25) is 0 Å². The topological polar surface area (TPSA) is 35.2 Å². The van der Waals surface area contributed by atoms with Gasteiger partial charge in [-0.3, -0.25) is 0 Å². The standard InChI is InChI=1S/C11H12F3NO/c12-7-4-3-6(9(13)10(7)14)11(15)8-2-1-5-16-8/h3-4,8,11H,1-2,5,15H2. The van der Waals surface area contributed by atoms with Crippen molar-refractivity contribution in [2.75, 3.05) is 6.61 Å². The number of nitrogens with two attached hydrogens (primary N) is 1. The summed E-state index contributed by atoms with van der Waals surface area (Å²) in [6, 6.07) is 1.29. The lowest BCUT2D eigenvalue weighted by Crippen LogP contribution is -2.26. The van der Waals surface area contributed by atoms with Gasteiger partial charge in [0.2, 0.25) is 0 Å². The summed E-state index contributed by atoms with van der Waals surface area (Å²) in [7, 11) is 0. The summed E-state index contributed by atoms with van der Waals surface area (Å²) in [4.78, 5) is 0. The van der Waals surface area contributed by atoms with Gasteiger partial charge < -0.3 is 10.5 Å². The van der Waals surface area contributed by atoms with E-state index in [2.05, 4.69) is 0 Å². The van der Waals surface area contributed by atoms with E-state index in [0.29, 0.717) is 13.0 Å². The Morgan fingerprint density at radius 1 is 1.25 bits per heavy atom. The lowest BCUT2D eigenvalue weighted by Gasteiger charge is -2.19. The largest absolute Gasteiger partial charge is 0.376 e. The van der Waals surface area contributed by atoms with Crippen LogP contribution in [0.1, 0.15) is 24.4 Å². The van der Waals surface area contributed by atoms with Crippen molar-refractivity contribution in [2.45, 2.75) is 25.0 Å². The Balaban J connectivity index is 2.29. The molecule has 2 rings (SSSR count). The monoisotopic (exact) mass is 231 g/mol. The van der Waals surface area contributed by atoms with Crippen molar-refractivity contribution in [3.63, 3.8) is 0 Å². The summed E-state index contributed by atoms with van der Waals surface area (Å²) in [5, 5.41) is 0. The van der Waals surface area contributed by atoms with Crippen LogP contribution in [0.3, 0.4) is 0 Å². The predicted octanol–water partition coefficient (Wildman–Crippen LogP) is 2.28. The third-order valence-electron chi connectivity index (χ3n) is 2.79. The van der Waals surface area contributed by atoms with E-state index in [4.69, 9.17) is 10.5 Å². The molecule has 1 aliphatic heterocycles. The molecule has 2 unspecified atom stereocenters. The molecule has 0 radical (unpaired) electrons. The maximum absolute atomic E-state index is 13.4. The molecule has 1 aliphatic rings. The molecule has 5 heteroatoms. The minimum Gasteiger partial charge on any atom is -0.376 e.